The Morgan fingerprint density at radius 2 is 2.12 bits per heavy atom. The molecule has 0 aliphatic heterocycles. The Balaban J connectivity index is 2.11. The number of hydrogen-bond acceptors (Lipinski definition) is 0. The van der Waals surface area contributed by atoms with Crippen molar-refractivity contribution in [1.29, 1.82) is 0 Å². The summed E-state index contributed by atoms with van der Waals surface area (Å²) in [5.41, 5.74) is 2.80. The molecule has 1 saturated carbocycles. The number of allylic oxidation sites excluding steroid dienone is 2. The van der Waals surface area contributed by atoms with Gasteiger partial charge in [0.05, 0.1) is 0 Å². The van der Waals surface area contributed by atoms with Crippen molar-refractivity contribution in [3.8, 4) is 0 Å². The molecular formula is C16H17N. The Bertz CT molecular complexity index is 655. The third-order valence-electron chi connectivity index (χ3n) is 4.37. The predicted octanol–water partition coefficient (Wildman–Crippen LogP) is 2.06. The van der Waals surface area contributed by atoms with Gasteiger partial charge in [-0.25, -0.2) is 0 Å². The molecule has 1 aromatic heterocycles. The minimum atomic E-state index is 0.847. The highest BCUT2D eigenvalue weighted by Gasteiger charge is 2.35. The minimum Gasteiger partial charge on any atom is -0.344 e. The largest absolute Gasteiger partial charge is 0.344 e. The first-order valence-electron chi connectivity index (χ1n) is 6.58. The van der Waals surface area contributed by atoms with Crippen LogP contribution in [0, 0.1) is 11.8 Å². The lowest BCUT2D eigenvalue weighted by Crippen LogP contribution is -2.28. The fourth-order valence-corrected chi connectivity index (χ4v) is 3.23. The summed E-state index contributed by atoms with van der Waals surface area (Å²) in [4.78, 5) is 0. The maximum atomic E-state index is 2.52. The predicted molar refractivity (Wildman–Crippen MR) is 72.5 cm³/mol. The van der Waals surface area contributed by atoms with Crippen molar-refractivity contribution in [3.05, 3.63) is 34.0 Å². The van der Waals surface area contributed by atoms with Crippen LogP contribution in [0.3, 0.4) is 0 Å². The van der Waals surface area contributed by atoms with E-state index in [4.69, 9.17) is 0 Å². The van der Waals surface area contributed by atoms with Crippen molar-refractivity contribution < 1.29 is 0 Å². The highest BCUT2D eigenvalue weighted by molar-refractivity contribution is 5.68. The van der Waals surface area contributed by atoms with Gasteiger partial charge < -0.3 is 4.57 Å². The average molecular weight is 223 g/mol. The molecule has 0 spiro atoms. The van der Waals surface area contributed by atoms with Gasteiger partial charge in [0.2, 0.25) is 0 Å². The summed E-state index contributed by atoms with van der Waals surface area (Å²) in [6, 6.07) is 0. The van der Waals surface area contributed by atoms with Gasteiger partial charge >= 0.3 is 0 Å². The standard InChI is InChI=1S/C16H17N/c1-17-15-6-4-2-3-5-13(15)14-10-12-9-11(12)7-8-16(14)17/h3-6,8,10-12H,2,7,9H2,1H3. The summed E-state index contributed by atoms with van der Waals surface area (Å²) in [5.74, 6) is 1.78. The summed E-state index contributed by atoms with van der Waals surface area (Å²) in [7, 11) is 2.20. The van der Waals surface area contributed by atoms with Crippen LogP contribution in [0.15, 0.2) is 12.2 Å². The quantitative estimate of drug-likeness (QED) is 0.634. The van der Waals surface area contributed by atoms with E-state index in [0.29, 0.717) is 0 Å². The molecule has 17 heavy (non-hydrogen) atoms. The lowest BCUT2D eigenvalue weighted by Gasteiger charge is -1.98. The first-order valence-corrected chi connectivity index (χ1v) is 6.58. The van der Waals surface area contributed by atoms with Gasteiger partial charge in [-0.15, -0.1) is 0 Å². The Hall–Kier alpha value is -1.50. The van der Waals surface area contributed by atoms with E-state index < -0.39 is 0 Å². The van der Waals surface area contributed by atoms with E-state index in [1.807, 2.05) is 0 Å². The normalized spacial score (nSPS) is 28.1. The van der Waals surface area contributed by atoms with Crippen LogP contribution in [0.2, 0.25) is 0 Å². The van der Waals surface area contributed by atoms with Gasteiger partial charge in [0, 0.05) is 28.9 Å². The van der Waals surface area contributed by atoms with Gasteiger partial charge in [0.25, 0.3) is 0 Å². The van der Waals surface area contributed by atoms with E-state index >= 15 is 0 Å². The second-order valence-electron chi connectivity index (χ2n) is 5.46. The second-order valence-corrected chi connectivity index (χ2v) is 5.46. The molecule has 0 N–H and O–H groups in total. The summed E-state index contributed by atoms with van der Waals surface area (Å²) in [6.07, 6.45) is 17.8. The average Bonchev–Trinajstić information content (AvgIpc) is 3.06. The Kier molecular flexibility index (Phi) is 1.82. The van der Waals surface area contributed by atoms with E-state index in [9.17, 15) is 0 Å². The van der Waals surface area contributed by atoms with Crippen LogP contribution in [0.4, 0.5) is 0 Å². The van der Waals surface area contributed by atoms with Gasteiger partial charge in [-0.2, -0.15) is 0 Å². The number of hydrogen-bond donors (Lipinski definition) is 0. The molecule has 1 aromatic rings. The number of fused-ring (bicyclic) bond motifs is 4. The first-order chi connectivity index (χ1) is 8.34. The van der Waals surface area contributed by atoms with Crippen LogP contribution in [0.5, 0.6) is 0 Å². The summed E-state index contributed by atoms with van der Waals surface area (Å²) in [6.45, 7) is 0. The van der Waals surface area contributed by atoms with Crippen LogP contribution >= 0.6 is 0 Å². The molecule has 0 aromatic carbocycles. The van der Waals surface area contributed by atoms with Crippen molar-refractivity contribution >= 4 is 24.3 Å². The number of nitrogens with zero attached hydrogens (tertiary/aromatic N) is 1. The van der Waals surface area contributed by atoms with Gasteiger partial charge in [-0.1, -0.05) is 30.4 Å². The van der Waals surface area contributed by atoms with Gasteiger partial charge in [0.15, 0.2) is 0 Å². The molecule has 0 radical (unpaired) electrons. The molecule has 0 bridgehead atoms. The molecule has 2 atom stereocenters. The zero-order valence-electron chi connectivity index (χ0n) is 10.2. The molecule has 1 nitrogen and oxygen atoms in total. The number of aromatic nitrogens is 1. The third kappa shape index (κ3) is 1.32. The van der Waals surface area contributed by atoms with E-state index in [-0.39, 0.29) is 0 Å². The van der Waals surface area contributed by atoms with Gasteiger partial charge in [-0.3, -0.25) is 0 Å². The third-order valence-corrected chi connectivity index (χ3v) is 4.37. The van der Waals surface area contributed by atoms with Crippen LogP contribution in [0.1, 0.15) is 30.5 Å². The zero-order valence-corrected chi connectivity index (χ0v) is 10.2. The van der Waals surface area contributed by atoms with E-state index in [0.717, 1.165) is 18.3 Å². The molecule has 1 heteroatoms. The van der Waals surface area contributed by atoms with Gasteiger partial charge in [-0.05, 0) is 37.2 Å². The van der Waals surface area contributed by atoms with Crippen LogP contribution in [-0.2, 0) is 7.05 Å². The summed E-state index contributed by atoms with van der Waals surface area (Å²) in [5, 5.41) is 2.91. The highest BCUT2D eigenvalue weighted by atomic mass is 14.9. The molecule has 2 unspecified atom stereocenters. The maximum Gasteiger partial charge on any atom is 0.0485 e. The molecule has 1 fully saturated rings. The van der Waals surface area contributed by atoms with Crippen molar-refractivity contribution in [2.24, 2.45) is 18.9 Å². The monoisotopic (exact) mass is 223 g/mol. The molecule has 0 amide bonds. The van der Waals surface area contributed by atoms with Crippen molar-refractivity contribution in [1.82, 2.24) is 4.57 Å². The van der Waals surface area contributed by atoms with Crippen molar-refractivity contribution in [3.63, 3.8) is 0 Å². The SMILES string of the molecule is Cn1c2c(c3c1=CCC1CC1C=3)C=CCC=C2. The van der Waals surface area contributed by atoms with E-state index in [1.54, 1.807) is 0 Å². The smallest absolute Gasteiger partial charge is 0.0485 e. The summed E-state index contributed by atoms with van der Waals surface area (Å²) < 4.78 is 2.36. The Morgan fingerprint density at radius 1 is 1.24 bits per heavy atom. The number of rotatable bonds is 0. The molecule has 86 valence electrons. The Labute approximate surface area is 101 Å². The van der Waals surface area contributed by atoms with E-state index in [2.05, 4.69) is 48.1 Å². The maximum absolute atomic E-state index is 2.52. The summed E-state index contributed by atoms with van der Waals surface area (Å²) >= 11 is 0. The van der Waals surface area contributed by atoms with Gasteiger partial charge in [0.1, 0.15) is 0 Å². The minimum absolute atomic E-state index is 0.847. The fourth-order valence-electron chi connectivity index (χ4n) is 3.23. The van der Waals surface area contributed by atoms with E-state index in [1.165, 1.54) is 34.7 Å². The van der Waals surface area contributed by atoms with Crippen LogP contribution < -0.4 is 10.6 Å². The van der Waals surface area contributed by atoms with Crippen LogP contribution in [0.25, 0.3) is 24.3 Å². The lowest BCUT2D eigenvalue weighted by atomic mass is 10.1. The van der Waals surface area contributed by atoms with Crippen molar-refractivity contribution in [2.75, 3.05) is 0 Å². The second kappa shape index (κ2) is 3.25. The molecule has 4 rings (SSSR count). The topological polar surface area (TPSA) is 4.93 Å². The first kappa shape index (κ1) is 9.52. The van der Waals surface area contributed by atoms with Crippen molar-refractivity contribution in [2.45, 2.75) is 19.3 Å². The highest BCUT2D eigenvalue weighted by Crippen LogP contribution is 2.43. The Morgan fingerprint density at radius 3 is 3.06 bits per heavy atom. The molecule has 1 heterocycles. The fraction of sp³-hybridized carbons (Fsp3) is 0.375. The van der Waals surface area contributed by atoms with Crippen LogP contribution in [-0.4, -0.2) is 4.57 Å². The molecule has 3 aliphatic rings. The molecule has 0 saturated heterocycles. The molecule has 3 aliphatic carbocycles. The molecular weight excluding hydrogens is 206 g/mol. The zero-order chi connectivity index (χ0) is 11.4. The lowest BCUT2D eigenvalue weighted by molar-refractivity contribution is 0.837.